The SMILES string of the molecule is Cc1ccc(/C=C/CC(=O)N2CCC(C(O)C(F)(F)F)CC2)cc1. The molecule has 0 radical (unpaired) electrons. The first kappa shape index (κ1) is 18.5. The molecule has 3 nitrogen and oxygen atoms in total. The quantitative estimate of drug-likeness (QED) is 0.910. The Morgan fingerprint density at radius 3 is 2.42 bits per heavy atom. The fourth-order valence-corrected chi connectivity index (χ4v) is 2.83. The van der Waals surface area contributed by atoms with Crippen LogP contribution in [0.15, 0.2) is 30.3 Å². The first-order valence-corrected chi connectivity index (χ1v) is 8.03. The summed E-state index contributed by atoms with van der Waals surface area (Å²) in [7, 11) is 0. The molecule has 0 bridgehead atoms. The van der Waals surface area contributed by atoms with Gasteiger partial charge in [-0.05, 0) is 31.2 Å². The smallest absolute Gasteiger partial charge is 0.383 e. The molecule has 0 saturated carbocycles. The standard InChI is InChI=1S/C18H22F3NO2/c1-13-5-7-14(8-6-13)3-2-4-16(23)22-11-9-15(10-12-22)17(24)18(19,20)21/h2-3,5-8,15,17,24H,4,9-12H2,1H3/b3-2+. The fourth-order valence-electron chi connectivity index (χ4n) is 2.83. The van der Waals surface area contributed by atoms with E-state index in [9.17, 15) is 23.1 Å². The van der Waals surface area contributed by atoms with E-state index in [1.165, 1.54) is 0 Å². The molecule has 0 aliphatic carbocycles. The summed E-state index contributed by atoms with van der Waals surface area (Å²) < 4.78 is 37.5. The van der Waals surface area contributed by atoms with Crippen LogP contribution in [0.2, 0.25) is 0 Å². The maximum absolute atomic E-state index is 12.5. The molecule has 132 valence electrons. The van der Waals surface area contributed by atoms with Gasteiger partial charge in [0.2, 0.25) is 5.91 Å². The second kappa shape index (κ2) is 7.83. The van der Waals surface area contributed by atoms with E-state index in [0.717, 1.165) is 11.1 Å². The van der Waals surface area contributed by atoms with Crippen LogP contribution in [0.3, 0.4) is 0 Å². The number of rotatable bonds is 4. The molecule has 1 aliphatic rings. The second-order valence-corrected chi connectivity index (χ2v) is 6.22. The van der Waals surface area contributed by atoms with Crippen LogP contribution in [0.5, 0.6) is 0 Å². The lowest BCUT2D eigenvalue weighted by Gasteiger charge is -2.34. The van der Waals surface area contributed by atoms with Crippen molar-refractivity contribution >= 4 is 12.0 Å². The van der Waals surface area contributed by atoms with Gasteiger partial charge in [0.25, 0.3) is 0 Å². The third-order valence-electron chi connectivity index (χ3n) is 4.35. The average molecular weight is 341 g/mol. The predicted molar refractivity (Wildman–Crippen MR) is 86.2 cm³/mol. The Morgan fingerprint density at radius 1 is 1.29 bits per heavy atom. The Labute approximate surface area is 139 Å². The molecule has 1 aromatic carbocycles. The summed E-state index contributed by atoms with van der Waals surface area (Å²) in [6.07, 6.45) is -2.69. The zero-order chi connectivity index (χ0) is 17.7. The van der Waals surface area contributed by atoms with E-state index < -0.39 is 18.2 Å². The van der Waals surface area contributed by atoms with Gasteiger partial charge < -0.3 is 10.0 Å². The van der Waals surface area contributed by atoms with Crippen molar-refractivity contribution in [2.24, 2.45) is 5.92 Å². The van der Waals surface area contributed by atoms with Gasteiger partial charge in [-0.2, -0.15) is 13.2 Å². The van der Waals surface area contributed by atoms with Crippen LogP contribution in [0, 0.1) is 12.8 Å². The highest BCUT2D eigenvalue weighted by atomic mass is 19.4. The van der Waals surface area contributed by atoms with Crippen molar-refractivity contribution in [2.45, 2.75) is 38.5 Å². The van der Waals surface area contributed by atoms with Crippen LogP contribution in [-0.2, 0) is 4.79 Å². The zero-order valence-electron chi connectivity index (χ0n) is 13.6. The van der Waals surface area contributed by atoms with E-state index in [4.69, 9.17) is 0 Å². The van der Waals surface area contributed by atoms with Gasteiger partial charge in [0, 0.05) is 19.5 Å². The molecule has 1 heterocycles. The van der Waals surface area contributed by atoms with Gasteiger partial charge in [0.05, 0.1) is 0 Å². The molecule has 0 spiro atoms. The fraction of sp³-hybridized carbons (Fsp3) is 0.500. The molecule has 1 saturated heterocycles. The molecule has 1 aliphatic heterocycles. The highest BCUT2D eigenvalue weighted by Gasteiger charge is 2.44. The lowest BCUT2D eigenvalue weighted by atomic mass is 9.91. The van der Waals surface area contributed by atoms with Crippen molar-refractivity contribution in [2.75, 3.05) is 13.1 Å². The molecule has 6 heteroatoms. The Balaban J connectivity index is 1.79. The van der Waals surface area contributed by atoms with Crippen LogP contribution >= 0.6 is 0 Å². The second-order valence-electron chi connectivity index (χ2n) is 6.22. The highest BCUT2D eigenvalue weighted by molar-refractivity contribution is 5.78. The van der Waals surface area contributed by atoms with Crippen molar-refractivity contribution in [1.29, 1.82) is 0 Å². The number of aryl methyl sites for hydroxylation is 1. The summed E-state index contributed by atoms with van der Waals surface area (Å²) in [4.78, 5) is 13.7. The number of piperidine rings is 1. The molecule has 1 amide bonds. The number of carbonyl (C=O) groups excluding carboxylic acids is 1. The van der Waals surface area contributed by atoms with Crippen molar-refractivity contribution < 1.29 is 23.1 Å². The highest BCUT2D eigenvalue weighted by Crippen LogP contribution is 2.31. The summed E-state index contributed by atoms with van der Waals surface area (Å²) in [5.74, 6) is -0.921. The van der Waals surface area contributed by atoms with Crippen LogP contribution < -0.4 is 0 Å². The molecule has 1 atom stereocenters. The first-order valence-electron chi connectivity index (χ1n) is 8.03. The first-order chi connectivity index (χ1) is 11.3. The molecule has 1 N–H and O–H groups in total. The van der Waals surface area contributed by atoms with Crippen LogP contribution in [-0.4, -0.2) is 41.3 Å². The van der Waals surface area contributed by atoms with Gasteiger partial charge in [-0.25, -0.2) is 0 Å². The van der Waals surface area contributed by atoms with E-state index in [1.54, 1.807) is 11.0 Å². The molecule has 1 unspecified atom stereocenters. The number of amides is 1. The number of carbonyl (C=O) groups is 1. The molecular formula is C18H22F3NO2. The van der Waals surface area contributed by atoms with E-state index >= 15 is 0 Å². The Bertz CT molecular complexity index is 573. The van der Waals surface area contributed by atoms with Crippen LogP contribution in [0.1, 0.15) is 30.4 Å². The van der Waals surface area contributed by atoms with Crippen LogP contribution in [0.25, 0.3) is 6.08 Å². The molecular weight excluding hydrogens is 319 g/mol. The molecule has 1 aromatic rings. The Hall–Kier alpha value is -1.82. The van der Waals surface area contributed by atoms with Gasteiger partial charge in [-0.15, -0.1) is 0 Å². The van der Waals surface area contributed by atoms with Crippen molar-refractivity contribution in [3.63, 3.8) is 0 Å². The van der Waals surface area contributed by atoms with Crippen LogP contribution in [0.4, 0.5) is 13.2 Å². The van der Waals surface area contributed by atoms with E-state index in [-0.39, 0.29) is 38.3 Å². The topological polar surface area (TPSA) is 40.5 Å². The number of aliphatic hydroxyl groups excluding tert-OH is 1. The van der Waals surface area contributed by atoms with E-state index in [2.05, 4.69) is 0 Å². The maximum Gasteiger partial charge on any atom is 0.414 e. The predicted octanol–water partition coefficient (Wildman–Crippen LogP) is 3.56. The Kier molecular flexibility index (Phi) is 6.04. The summed E-state index contributed by atoms with van der Waals surface area (Å²) in [5, 5.41) is 9.28. The monoisotopic (exact) mass is 341 g/mol. The van der Waals surface area contributed by atoms with Crippen molar-refractivity contribution in [3.05, 3.63) is 41.5 Å². The van der Waals surface area contributed by atoms with Gasteiger partial charge in [-0.3, -0.25) is 4.79 Å². The minimum Gasteiger partial charge on any atom is -0.383 e. The number of hydrogen-bond donors (Lipinski definition) is 1. The van der Waals surface area contributed by atoms with Crippen molar-refractivity contribution in [1.82, 2.24) is 4.90 Å². The summed E-state index contributed by atoms with van der Waals surface area (Å²) in [6.45, 7) is 2.51. The van der Waals surface area contributed by atoms with Gasteiger partial charge in [-0.1, -0.05) is 42.0 Å². The third kappa shape index (κ3) is 5.09. The van der Waals surface area contributed by atoms with E-state index in [1.807, 2.05) is 37.3 Å². The third-order valence-corrected chi connectivity index (χ3v) is 4.35. The minimum atomic E-state index is -4.59. The minimum absolute atomic E-state index is 0.0988. The van der Waals surface area contributed by atoms with Gasteiger partial charge in [0.15, 0.2) is 6.10 Å². The molecule has 1 fully saturated rings. The number of nitrogens with zero attached hydrogens (tertiary/aromatic N) is 1. The normalized spacial score (nSPS) is 18.1. The summed E-state index contributed by atoms with van der Waals surface area (Å²) in [6, 6.07) is 7.89. The number of halogens is 3. The van der Waals surface area contributed by atoms with Crippen molar-refractivity contribution in [3.8, 4) is 0 Å². The lowest BCUT2D eigenvalue weighted by molar-refractivity contribution is -0.222. The Morgan fingerprint density at radius 2 is 1.88 bits per heavy atom. The lowest BCUT2D eigenvalue weighted by Crippen LogP contribution is -2.45. The number of aliphatic hydroxyl groups is 1. The largest absolute Gasteiger partial charge is 0.414 e. The average Bonchev–Trinajstić information content (AvgIpc) is 2.55. The number of likely N-dealkylation sites (tertiary alicyclic amines) is 1. The number of benzene rings is 1. The summed E-state index contributed by atoms with van der Waals surface area (Å²) in [5.41, 5.74) is 2.16. The molecule has 2 rings (SSSR count). The van der Waals surface area contributed by atoms with Gasteiger partial charge in [0.1, 0.15) is 0 Å². The summed E-state index contributed by atoms with van der Waals surface area (Å²) >= 11 is 0. The molecule has 24 heavy (non-hydrogen) atoms. The van der Waals surface area contributed by atoms with Gasteiger partial charge >= 0.3 is 6.18 Å². The maximum atomic E-state index is 12.5. The van der Waals surface area contributed by atoms with E-state index in [0.29, 0.717) is 0 Å². The zero-order valence-corrected chi connectivity index (χ0v) is 13.6. The number of hydrogen-bond acceptors (Lipinski definition) is 2. The number of alkyl halides is 3. The molecule has 0 aromatic heterocycles.